The smallest absolute Gasteiger partial charge is 0.255 e. The van der Waals surface area contributed by atoms with E-state index in [1.54, 1.807) is 0 Å². The molecule has 1 atom stereocenters. The standard InChI is InChI=1S/C21H26N2O2/c1-23(18-12-6-3-7-13-18)19-14-8-11-17(15-19)20(21(24)22-25)16-9-4-2-5-10-16/h2,4-5,8-11,14-15,18,20,25H,3,6-7,12-13H2,1H3,(H,22,24). The van der Waals surface area contributed by atoms with Gasteiger partial charge in [0.15, 0.2) is 0 Å². The monoisotopic (exact) mass is 338 g/mol. The summed E-state index contributed by atoms with van der Waals surface area (Å²) in [5.74, 6) is -0.936. The summed E-state index contributed by atoms with van der Waals surface area (Å²) in [6, 6.07) is 18.2. The van der Waals surface area contributed by atoms with Gasteiger partial charge in [-0.25, -0.2) is 5.48 Å². The van der Waals surface area contributed by atoms with E-state index in [2.05, 4.69) is 24.1 Å². The van der Waals surface area contributed by atoms with E-state index in [1.165, 1.54) is 32.1 Å². The minimum absolute atomic E-state index is 0.413. The molecule has 0 aromatic heterocycles. The lowest BCUT2D eigenvalue weighted by Gasteiger charge is -2.33. The lowest BCUT2D eigenvalue weighted by Crippen LogP contribution is -2.33. The highest BCUT2D eigenvalue weighted by Crippen LogP contribution is 2.30. The average Bonchev–Trinajstić information content (AvgIpc) is 2.69. The second kappa shape index (κ2) is 8.17. The van der Waals surface area contributed by atoms with Gasteiger partial charge in [-0.05, 0) is 36.1 Å². The number of carbonyl (C=O) groups excluding carboxylic acids is 1. The van der Waals surface area contributed by atoms with Crippen LogP contribution in [-0.2, 0) is 4.79 Å². The van der Waals surface area contributed by atoms with Gasteiger partial charge < -0.3 is 4.90 Å². The van der Waals surface area contributed by atoms with Crippen molar-refractivity contribution in [2.45, 2.75) is 44.1 Å². The normalized spacial score (nSPS) is 16.2. The molecule has 2 N–H and O–H groups in total. The summed E-state index contributed by atoms with van der Waals surface area (Å²) in [7, 11) is 2.14. The molecular formula is C21H26N2O2. The number of carbonyl (C=O) groups is 1. The van der Waals surface area contributed by atoms with E-state index in [0.717, 1.165) is 16.8 Å². The molecule has 0 heterocycles. The maximum atomic E-state index is 12.3. The molecule has 0 saturated heterocycles. The summed E-state index contributed by atoms with van der Waals surface area (Å²) in [5, 5.41) is 9.20. The van der Waals surface area contributed by atoms with Crippen molar-refractivity contribution in [2.75, 3.05) is 11.9 Å². The lowest BCUT2D eigenvalue weighted by atomic mass is 9.89. The molecule has 1 unspecified atom stereocenters. The van der Waals surface area contributed by atoms with Gasteiger partial charge >= 0.3 is 0 Å². The fourth-order valence-corrected chi connectivity index (χ4v) is 3.81. The molecule has 2 aromatic carbocycles. The van der Waals surface area contributed by atoms with E-state index in [4.69, 9.17) is 0 Å². The topological polar surface area (TPSA) is 52.6 Å². The molecule has 0 bridgehead atoms. The summed E-state index contributed by atoms with van der Waals surface area (Å²) in [5.41, 5.74) is 4.70. The van der Waals surface area contributed by atoms with E-state index in [1.807, 2.05) is 47.9 Å². The molecule has 0 aliphatic heterocycles. The Bertz CT molecular complexity index is 696. The predicted octanol–water partition coefficient (Wildman–Crippen LogP) is 4.09. The second-order valence-corrected chi connectivity index (χ2v) is 6.82. The highest BCUT2D eigenvalue weighted by atomic mass is 16.5. The quantitative estimate of drug-likeness (QED) is 0.638. The molecule has 3 rings (SSSR count). The molecule has 1 amide bonds. The van der Waals surface area contributed by atoms with Crippen LogP contribution in [0.25, 0.3) is 0 Å². The van der Waals surface area contributed by atoms with Crippen LogP contribution in [0.4, 0.5) is 5.69 Å². The third-order valence-corrected chi connectivity index (χ3v) is 5.24. The summed E-state index contributed by atoms with van der Waals surface area (Å²) in [6.45, 7) is 0. The minimum atomic E-state index is -0.522. The third kappa shape index (κ3) is 4.02. The van der Waals surface area contributed by atoms with Crippen molar-refractivity contribution < 1.29 is 10.0 Å². The Morgan fingerprint density at radius 2 is 1.72 bits per heavy atom. The first-order chi connectivity index (χ1) is 12.2. The largest absolute Gasteiger partial charge is 0.372 e. The number of hydroxylamine groups is 1. The van der Waals surface area contributed by atoms with Gasteiger partial charge in [0.05, 0.1) is 5.92 Å². The Morgan fingerprint density at radius 3 is 2.40 bits per heavy atom. The summed E-state index contributed by atoms with van der Waals surface area (Å²) in [6.07, 6.45) is 6.35. The molecular weight excluding hydrogens is 312 g/mol. The van der Waals surface area contributed by atoms with Gasteiger partial charge in [0.2, 0.25) is 0 Å². The first-order valence-electron chi connectivity index (χ1n) is 9.02. The highest BCUT2D eigenvalue weighted by Gasteiger charge is 2.24. The maximum Gasteiger partial charge on any atom is 0.255 e. The molecule has 1 fully saturated rings. The van der Waals surface area contributed by atoms with Crippen LogP contribution in [0.2, 0.25) is 0 Å². The van der Waals surface area contributed by atoms with Crippen molar-refractivity contribution >= 4 is 11.6 Å². The first kappa shape index (κ1) is 17.5. The highest BCUT2D eigenvalue weighted by molar-refractivity contribution is 5.86. The van der Waals surface area contributed by atoms with E-state index in [-0.39, 0.29) is 0 Å². The Labute approximate surface area is 149 Å². The maximum absolute atomic E-state index is 12.3. The molecule has 25 heavy (non-hydrogen) atoms. The third-order valence-electron chi connectivity index (χ3n) is 5.24. The van der Waals surface area contributed by atoms with Crippen LogP contribution in [0.15, 0.2) is 54.6 Å². The van der Waals surface area contributed by atoms with E-state index in [0.29, 0.717) is 6.04 Å². The number of benzene rings is 2. The van der Waals surface area contributed by atoms with Gasteiger partial charge in [-0.15, -0.1) is 0 Å². The molecule has 132 valence electrons. The SMILES string of the molecule is CN(c1cccc(C(C(=O)NO)c2ccccc2)c1)C1CCCCC1. The fraction of sp³-hybridized carbons (Fsp3) is 0.381. The molecule has 4 heteroatoms. The lowest BCUT2D eigenvalue weighted by molar-refractivity contribution is -0.129. The van der Waals surface area contributed by atoms with Crippen LogP contribution in [0.5, 0.6) is 0 Å². The van der Waals surface area contributed by atoms with Crippen LogP contribution in [0.3, 0.4) is 0 Å². The van der Waals surface area contributed by atoms with Crippen molar-refractivity contribution in [1.82, 2.24) is 5.48 Å². The van der Waals surface area contributed by atoms with E-state index >= 15 is 0 Å². The number of nitrogens with one attached hydrogen (secondary N) is 1. The van der Waals surface area contributed by atoms with Crippen LogP contribution < -0.4 is 10.4 Å². The zero-order valence-electron chi connectivity index (χ0n) is 14.7. The van der Waals surface area contributed by atoms with Gasteiger partial charge in [-0.2, -0.15) is 0 Å². The van der Waals surface area contributed by atoms with Gasteiger partial charge in [0.25, 0.3) is 5.91 Å². The molecule has 2 aromatic rings. The van der Waals surface area contributed by atoms with Gasteiger partial charge in [-0.1, -0.05) is 61.7 Å². The van der Waals surface area contributed by atoms with Gasteiger partial charge in [-0.3, -0.25) is 10.0 Å². The van der Waals surface area contributed by atoms with Gasteiger partial charge in [0.1, 0.15) is 0 Å². The van der Waals surface area contributed by atoms with Crippen molar-refractivity contribution in [3.63, 3.8) is 0 Å². The minimum Gasteiger partial charge on any atom is -0.372 e. The number of nitrogens with zero attached hydrogens (tertiary/aromatic N) is 1. The Morgan fingerprint density at radius 1 is 1.04 bits per heavy atom. The number of amides is 1. The van der Waals surface area contributed by atoms with E-state index < -0.39 is 11.8 Å². The first-order valence-corrected chi connectivity index (χ1v) is 9.02. The molecule has 4 nitrogen and oxygen atoms in total. The second-order valence-electron chi connectivity index (χ2n) is 6.82. The zero-order valence-corrected chi connectivity index (χ0v) is 14.7. The predicted molar refractivity (Wildman–Crippen MR) is 99.9 cm³/mol. The molecule has 1 saturated carbocycles. The fourth-order valence-electron chi connectivity index (χ4n) is 3.81. The number of hydrogen-bond acceptors (Lipinski definition) is 3. The van der Waals surface area contributed by atoms with Crippen LogP contribution in [0, 0.1) is 0 Å². The average molecular weight is 338 g/mol. The van der Waals surface area contributed by atoms with Crippen molar-refractivity contribution in [2.24, 2.45) is 0 Å². The molecule has 1 aliphatic rings. The molecule has 0 spiro atoms. The summed E-state index contributed by atoms with van der Waals surface area (Å²) < 4.78 is 0. The van der Waals surface area contributed by atoms with Crippen molar-refractivity contribution in [1.29, 1.82) is 0 Å². The zero-order chi connectivity index (χ0) is 17.6. The van der Waals surface area contributed by atoms with Crippen LogP contribution in [0.1, 0.15) is 49.1 Å². The Balaban J connectivity index is 1.91. The number of anilines is 1. The molecule has 1 aliphatic carbocycles. The Hall–Kier alpha value is -2.33. The van der Waals surface area contributed by atoms with E-state index in [9.17, 15) is 10.0 Å². The van der Waals surface area contributed by atoms with Crippen molar-refractivity contribution in [3.05, 3.63) is 65.7 Å². The number of hydrogen-bond donors (Lipinski definition) is 2. The van der Waals surface area contributed by atoms with Crippen LogP contribution in [-0.4, -0.2) is 24.2 Å². The van der Waals surface area contributed by atoms with Crippen molar-refractivity contribution in [3.8, 4) is 0 Å². The van der Waals surface area contributed by atoms with Crippen LogP contribution >= 0.6 is 0 Å². The van der Waals surface area contributed by atoms with Gasteiger partial charge in [0, 0.05) is 18.8 Å². The summed E-state index contributed by atoms with van der Waals surface area (Å²) >= 11 is 0. The molecule has 0 radical (unpaired) electrons. The summed E-state index contributed by atoms with van der Waals surface area (Å²) in [4.78, 5) is 14.7. The number of rotatable bonds is 5. The Kier molecular flexibility index (Phi) is 5.71.